The number of carbonyl (C=O) groups excluding carboxylic acids is 1. The van der Waals surface area contributed by atoms with Crippen molar-refractivity contribution in [2.24, 2.45) is 0 Å². The summed E-state index contributed by atoms with van der Waals surface area (Å²) in [6, 6.07) is 7.25. The van der Waals surface area contributed by atoms with Crippen LogP contribution < -0.4 is 4.72 Å². The van der Waals surface area contributed by atoms with Crippen molar-refractivity contribution in [2.75, 3.05) is 13.2 Å². The van der Waals surface area contributed by atoms with Crippen LogP contribution in [0.25, 0.3) is 0 Å². The van der Waals surface area contributed by atoms with Gasteiger partial charge in [-0.2, -0.15) is 9.98 Å². The van der Waals surface area contributed by atoms with E-state index in [1.807, 2.05) is 6.07 Å². The lowest BCUT2D eigenvalue weighted by molar-refractivity contribution is 0.0501. The van der Waals surface area contributed by atoms with Gasteiger partial charge in [0.1, 0.15) is 0 Å². The van der Waals surface area contributed by atoms with Crippen molar-refractivity contribution < 1.29 is 17.9 Å². The second-order valence-corrected chi connectivity index (χ2v) is 5.72. The molecule has 1 N–H and O–H groups in total. The van der Waals surface area contributed by atoms with E-state index in [4.69, 9.17) is 16.4 Å². The molecular weight excluding hydrogens is 292 g/mol. The number of nitrogens with one attached hydrogen (secondary N) is 1. The minimum Gasteiger partial charge on any atom is -0.462 e. The number of benzene rings is 1. The minimum atomic E-state index is -3.67. The Labute approximate surface area is 123 Å². The molecule has 0 heterocycles. The number of ether oxygens (including phenoxy) is 1. The van der Waals surface area contributed by atoms with Crippen LogP contribution in [-0.2, 0) is 14.8 Å². The zero-order valence-electron chi connectivity index (χ0n) is 11.2. The molecule has 6 nitrogen and oxygen atoms in total. The first-order valence-electron chi connectivity index (χ1n) is 6.08. The molecule has 0 aliphatic rings. The number of nitriles is 1. The van der Waals surface area contributed by atoms with Crippen LogP contribution in [0.5, 0.6) is 0 Å². The van der Waals surface area contributed by atoms with Crippen molar-refractivity contribution in [3.8, 4) is 18.4 Å². The van der Waals surface area contributed by atoms with E-state index in [-0.39, 0.29) is 23.6 Å². The van der Waals surface area contributed by atoms with Crippen molar-refractivity contribution in [1.82, 2.24) is 4.72 Å². The first-order chi connectivity index (χ1) is 10.0. The fraction of sp³-hybridized carbons (Fsp3) is 0.286. The van der Waals surface area contributed by atoms with E-state index in [1.165, 1.54) is 24.3 Å². The molecule has 0 atom stereocenters. The number of unbranched alkanes of at least 4 members (excludes halogenated alkanes) is 1. The van der Waals surface area contributed by atoms with Gasteiger partial charge in [0, 0.05) is 6.42 Å². The van der Waals surface area contributed by atoms with Gasteiger partial charge in [-0.15, -0.1) is 6.42 Å². The number of esters is 1. The minimum absolute atomic E-state index is 0.0128. The van der Waals surface area contributed by atoms with Gasteiger partial charge < -0.3 is 4.74 Å². The highest BCUT2D eigenvalue weighted by Gasteiger charge is 2.14. The second-order valence-electron chi connectivity index (χ2n) is 3.95. The van der Waals surface area contributed by atoms with Crippen molar-refractivity contribution in [1.29, 1.82) is 5.26 Å². The van der Waals surface area contributed by atoms with Gasteiger partial charge in [0.05, 0.1) is 29.7 Å². The van der Waals surface area contributed by atoms with Gasteiger partial charge in [-0.3, -0.25) is 0 Å². The van der Waals surface area contributed by atoms with Gasteiger partial charge in [-0.25, -0.2) is 13.2 Å². The highest BCUT2D eigenvalue weighted by Crippen LogP contribution is 2.11. The highest BCUT2D eigenvalue weighted by atomic mass is 32.2. The first kappa shape index (κ1) is 16.7. The monoisotopic (exact) mass is 306 g/mol. The molecular formula is C14H14N2O4S. The molecule has 0 aliphatic carbocycles. The van der Waals surface area contributed by atoms with E-state index in [2.05, 4.69) is 10.6 Å². The Morgan fingerprint density at radius 3 is 2.57 bits per heavy atom. The molecule has 0 saturated carbocycles. The number of nitrogens with zero attached hydrogens (tertiary/aromatic N) is 1. The first-order valence-corrected chi connectivity index (χ1v) is 7.57. The van der Waals surface area contributed by atoms with Crippen LogP contribution in [0.1, 0.15) is 23.2 Å². The summed E-state index contributed by atoms with van der Waals surface area (Å²) in [6.07, 6.45) is 5.76. The summed E-state index contributed by atoms with van der Waals surface area (Å²) in [5, 5.41) is 8.35. The average molecular weight is 306 g/mol. The molecule has 0 aliphatic heterocycles. The van der Waals surface area contributed by atoms with Crippen molar-refractivity contribution in [3.05, 3.63) is 29.8 Å². The summed E-state index contributed by atoms with van der Waals surface area (Å²) in [4.78, 5) is 11.7. The van der Waals surface area contributed by atoms with E-state index < -0.39 is 16.0 Å². The third kappa shape index (κ3) is 5.27. The maximum Gasteiger partial charge on any atom is 0.338 e. The number of sulfonamides is 1. The molecule has 0 amide bonds. The SMILES string of the molecule is C#CCNS(=O)(=O)c1ccc(C(=O)OCCCC#N)cc1. The fourth-order valence-corrected chi connectivity index (χ4v) is 2.32. The number of hydrogen-bond acceptors (Lipinski definition) is 5. The average Bonchev–Trinajstić information content (AvgIpc) is 2.49. The molecule has 1 aromatic carbocycles. The molecule has 0 saturated heterocycles. The predicted molar refractivity (Wildman–Crippen MR) is 75.6 cm³/mol. The zero-order valence-corrected chi connectivity index (χ0v) is 12.0. The molecule has 0 bridgehead atoms. The topological polar surface area (TPSA) is 96.3 Å². The third-order valence-electron chi connectivity index (χ3n) is 2.43. The van der Waals surface area contributed by atoms with Crippen LogP contribution in [0.2, 0.25) is 0 Å². The Balaban J connectivity index is 2.68. The Morgan fingerprint density at radius 2 is 2.00 bits per heavy atom. The molecule has 0 spiro atoms. The molecule has 0 aromatic heterocycles. The van der Waals surface area contributed by atoms with Crippen molar-refractivity contribution in [2.45, 2.75) is 17.7 Å². The molecule has 1 rings (SSSR count). The number of rotatable bonds is 7. The summed E-state index contributed by atoms with van der Waals surface area (Å²) < 4.78 is 30.7. The van der Waals surface area contributed by atoms with Crippen LogP contribution in [0, 0.1) is 23.7 Å². The second kappa shape index (κ2) is 8.05. The van der Waals surface area contributed by atoms with Crippen LogP contribution in [-0.4, -0.2) is 27.5 Å². The van der Waals surface area contributed by atoms with E-state index in [9.17, 15) is 13.2 Å². The van der Waals surface area contributed by atoms with Crippen molar-refractivity contribution in [3.63, 3.8) is 0 Å². The van der Waals surface area contributed by atoms with Gasteiger partial charge >= 0.3 is 5.97 Å². The molecule has 0 fully saturated rings. The maximum atomic E-state index is 11.8. The van der Waals surface area contributed by atoms with Crippen molar-refractivity contribution >= 4 is 16.0 Å². The number of hydrogen-bond donors (Lipinski definition) is 1. The third-order valence-corrected chi connectivity index (χ3v) is 3.85. The predicted octanol–water partition coefficient (Wildman–Crippen LogP) is 1.06. The van der Waals surface area contributed by atoms with Gasteiger partial charge in [-0.1, -0.05) is 5.92 Å². The summed E-state index contributed by atoms with van der Waals surface area (Å²) in [7, 11) is -3.67. The number of carbonyl (C=O) groups is 1. The van der Waals surface area contributed by atoms with Gasteiger partial charge in [0.15, 0.2) is 0 Å². The smallest absolute Gasteiger partial charge is 0.338 e. The Hall–Kier alpha value is -2.35. The normalized spacial score (nSPS) is 10.4. The van der Waals surface area contributed by atoms with E-state index in [0.717, 1.165) is 0 Å². The van der Waals surface area contributed by atoms with Gasteiger partial charge in [-0.05, 0) is 30.7 Å². The fourth-order valence-electron chi connectivity index (χ4n) is 1.39. The quantitative estimate of drug-likeness (QED) is 0.461. The lowest BCUT2D eigenvalue weighted by Crippen LogP contribution is -2.23. The summed E-state index contributed by atoms with van der Waals surface area (Å²) >= 11 is 0. The lowest BCUT2D eigenvalue weighted by atomic mass is 10.2. The van der Waals surface area contributed by atoms with Gasteiger partial charge in [0.25, 0.3) is 0 Å². The van der Waals surface area contributed by atoms with Crippen LogP contribution >= 0.6 is 0 Å². The summed E-state index contributed by atoms with van der Waals surface area (Å²) in [5.74, 6) is 1.61. The van der Waals surface area contributed by atoms with E-state index in [1.54, 1.807) is 0 Å². The highest BCUT2D eigenvalue weighted by molar-refractivity contribution is 7.89. The van der Waals surface area contributed by atoms with Gasteiger partial charge in [0.2, 0.25) is 10.0 Å². The van der Waals surface area contributed by atoms with Crippen LogP contribution in [0.3, 0.4) is 0 Å². The van der Waals surface area contributed by atoms with Crippen LogP contribution in [0.4, 0.5) is 0 Å². The Kier molecular flexibility index (Phi) is 6.41. The largest absolute Gasteiger partial charge is 0.462 e. The molecule has 21 heavy (non-hydrogen) atoms. The summed E-state index contributed by atoms with van der Waals surface area (Å²) in [5.41, 5.74) is 0.239. The Morgan fingerprint density at radius 1 is 1.33 bits per heavy atom. The van der Waals surface area contributed by atoms with Crippen LogP contribution in [0.15, 0.2) is 29.2 Å². The molecule has 110 valence electrons. The summed E-state index contributed by atoms with van der Waals surface area (Å²) in [6.45, 7) is 0.0428. The van der Waals surface area contributed by atoms with E-state index in [0.29, 0.717) is 12.8 Å². The lowest BCUT2D eigenvalue weighted by Gasteiger charge is -2.06. The standard InChI is InChI=1S/C14H14N2O4S/c1-2-10-16-21(18,19)13-7-5-12(6-8-13)14(17)20-11-4-3-9-15/h1,5-8,16H,3-4,10-11H2. The Bertz CT molecular complexity index is 666. The molecule has 0 unspecified atom stereocenters. The molecule has 7 heteroatoms. The zero-order chi connectivity index (χ0) is 15.7. The maximum absolute atomic E-state index is 11.8. The molecule has 1 aromatic rings. The number of terminal acetylenes is 1. The van der Waals surface area contributed by atoms with E-state index >= 15 is 0 Å². The molecule has 0 radical (unpaired) electrons.